The molecule has 0 spiro atoms. The van der Waals surface area contributed by atoms with Crippen molar-refractivity contribution in [3.05, 3.63) is 96.1 Å². The molecule has 38 heavy (non-hydrogen) atoms. The Morgan fingerprint density at radius 3 is 1.87 bits per heavy atom. The summed E-state index contributed by atoms with van der Waals surface area (Å²) >= 11 is 0. The lowest BCUT2D eigenvalue weighted by molar-refractivity contribution is 0.0697. The van der Waals surface area contributed by atoms with Crippen molar-refractivity contribution in [2.45, 2.75) is 6.61 Å². The zero-order chi connectivity index (χ0) is 27.3. The first-order chi connectivity index (χ1) is 18.2. The fraction of sp³-hybridized carbons (Fsp3) is 0.138. The van der Waals surface area contributed by atoms with Gasteiger partial charge in [0.2, 0.25) is 0 Å². The molecular weight excluding hydrogens is 508 g/mol. The summed E-state index contributed by atoms with van der Waals surface area (Å²) in [6.45, 7) is 0.229. The Morgan fingerprint density at radius 2 is 1.32 bits per heavy atom. The van der Waals surface area contributed by atoms with Crippen molar-refractivity contribution >= 4 is 16.1 Å². The standard InChI is InChI=1S/C29H26O8S/c1-34-26-17-24(27(35-2)16-23(26)20-9-11-21(12-10-20)29(30)31)22-13-14-25(28(15-22)37-38(3,32)33)36-18-19-7-5-4-6-8-19/h4-17H,18H2,1-3H3,(H,30,31). The molecule has 0 unspecified atom stereocenters. The SMILES string of the molecule is COc1cc(-c2ccc(OCc3ccccc3)c(OS(C)(=O)=O)c2)c(OC)cc1-c1ccc(C(=O)O)cc1. The fourth-order valence-corrected chi connectivity index (χ4v) is 4.36. The van der Waals surface area contributed by atoms with Gasteiger partial charge in [0.1, 0.15) is 18.1 Å². The molecule has 0 amide bonds. The molecular formula is C29H26O8S. The number of hydrogen-bond acceptors (Lipinski definition) is 7. The van der Waals surface area contributed by atoms with E-state index < -0.39 is 16.1 Å². The average Bonchev–Trinajstić information content (AvgIpc) is 2.91. The molecule has 4 rings (SSSR count). The minimum atomic E-state index is -3.84. The summed E-state index contributed by atoms with van der Waals surface area (Å²) in [6, 6.07) is 24.4. The fourth-order valence-electron chi connectivity index (χ4n) is 3.90. The third-order valence-electron chi connectivity index (χ3n) is 5.70. The molecule has 1 N–H and O–H groups in total. The van der Waals surface area contributed by atoms with Crippen molar-refractivity contribution in [1.82, 2.24) is 0 Å². The second-order valence-corrected chi connectivity index (χ2v) is 9.93. The van der Waals surface area contributed by atoms with E-state index in [0.29, 0.717) is 28.2 Å². The number of carbonyl (C=O) groups is 1. The van der Waals surface area contributed by atoms with E-state index in [2.05, 4.69) is 0 Å². The van der Waals surface area contributed by atoms with Crippen LogP contribution in [0.1, 0.15) is 15.9 Å². The van der Waals surface area contributed by atoms with E-state index >= 15 is 0 Å². The van der Waals surface area contributed by atoms with Gasteiger partial charge in [-0.15, -0.1) is 0 Å². The van der Waals surface area contributed by atoms with Gasteiger partial charge in [0.15, 0.2) is 11.5 Å². The van der Waals surface area contributed by atoms with Crippen LogP contribution in [0.25, 0.3) is 22.3 Å². The minimum absolute atomic E-state index is 0.0373. The highest BCUT2D eigenvalue weighted by Crippen LogP contribution is 2.43. The van der Waals surface area contributed by atoms with Crippen molar-refractivity contribution in [3.63, 3.8) is 0 Å². The Labute approximate surface area is 221 Å². The molecule has 0 fully saturated rings. The first-order valence-electron chi connectivity index (χ1n) is 11.5. The molecule has 0 saturated carbocycles. The predicted octanol–water partition coefficient (Wildman–Crippen LogP) is 5.65. The molecule has 0 radical (unpaired) electrons. The number of benzene rings is 4. The smallest absolute Gasteiger partial charge is 0.335 e. The van der Waals surface area contributed by atoms with E-state index in [1.165, 1.54) is 26.4 Å². The van der Waals surface area contributed by atoms with Crippen LogP contribution in [0.15, 0.2) is 84.9 Å². The number of methoxy groups -OCH3 is 2. The Kier molecular flexibility index (Phi) is 7.87. The Balaban J connectivity index is 1.75. The molecule has 8 nitrogen and oxygen atoms in total. The first-order valence-corrected chi connectivity index (χ1v) is 13.3. The second kappa shape index (κ2) is 11.3. The summed E-state index contributed by atoms with van der Waals surface area (Å²) in [5, 5.41) is 9.19. The zero-order valence-electron chi connectivity index (χ0n) is 21.0. The van der Waals surface area contributed by atoms with Crippen LogP contribution in [0.5, 0.6) is 23.0 Å². The highest BCUT2D eigenvalue weighted by molar-refractivity contribution is 7.86. The molecule has 4 aromatic carbocycles. The van der Waals surface area contributed by atoms with Crippen LogP contribution in [0.3, 0.4) is 0 Å². The van der Waals surface area contributed by atoms with Crippen molar-refractivity contribution in [1.29, 1.82) is 0 Å². The van der Waals surface area contributed by atoms with Crippen LogP contribution in [-0.4, -0.2) is 40.0 Å². The van der Waals surface area contributed by atoms with E-state index in [1.807, 2.05) is 30.3 Å². The molecule has 4 aromatic rings. The van der Waals surface area contributed by atoms with Gasteiger partial charge in [-0.25, -0.2) is 4.79 Å². The zero-order valence-corrected chi connectivity index (χ0v) is 21.8. The summed E-state index contributed by atoms with van der Waals surface area (Å²) in [6.07, 6.45) is 0.967. The van der Waals surface area contributed by atoms with Gasteiger partial charge in [-0.1, -0.05) is 48.5 Å². The summed E-state index contributed by atoms with van der Waals surface area (Å²) in [7, 11) is -0.791. The van der Waals surface area contributed by atoms with E-state index in [4.69, 9.17) is 18.4 Å². The van der Waals surface area contributed by atoms with Crippen molar-refractivity contribution < 1.29 is 36.7 Å². The number of rotatable bonds is 10. The van der Waals surface area contributed by atoms with Crippen molar-refractivity contribution in [2.24, 2.45) is 0 Å². The molecule has 0 aliphatic rings. The molecule has 0 atom stereocenters. The number of aromatic carboxylic acids is 1. The summed E-state index contributed by atoms with van der Waals surface area (Å²) in [5.74, 6) is 0.296. The largest absolute Gasteiger partial charge is 0.496 e. The maximum atomic E-state index is 12.0. The summed E-state index contributed by atoms with van der Waals surface area (Å²) < 4.78 is 46.5. The Hall–Kier alpha value is -4.50. The molecule has 0 aliphatic carbocycles. The van der Waals surface area contributed by atoms with Gasteiger partial charge in [-0.3, -0.25) is 0 Å². The van der Waals surface area contributed by atoms with Gasteiger partial charge in [0.25, 0.3) is 0 Å². The van der Waals surface area contributed by atoms with E-state index in [0.717, 1.165) is 17.4 Å². The third-order valence-corrected chi connectivity index (χ3v) is 6.18. The maximum Gasteiger partial charge on any atom is 0.335 e. The predicted molar refractivity (Wildman–Crippen MR) is 144 cm³/mol. The van der Waals surface area contributed by atoms with Crippen LogP contribution in [0.2, 0.25) is 0 Å². The van der Waals surface area contributed by atoms with Gasteiger partial charge >= 0.3 is 16.1 Å². The second-order valence-electron chi connectivity index (χ2n) is 8.36. The average molecular weight is 535 g/mol. The van der Waals surface area contributed by atoms with Crippen molar-refractivity contribution in [2.75, 3.05) is 20.5 Å². The molecule has 196 valence electrons. The van der Waals surface area contributed by atoms with Crippen molar-refractivity contribution in [3.8, 4) is 45.3 Å². The van der Waals surface area contributed by atoms with Gasteiger partial charge < -0.3 is 23.5 Å². The highest BCUT2D eigenvalue weighted by Gasteiger charge is 2.18. The number of carboxylic acid groups (broad SMARTS) is 1. The molecule has 9 heteroatoms. The number of hydrogen-bond donors (Lipinski definition) is 1. The lowest BCUT2D eigenvalue weighted by Gasteiger charge is -2.17. The highest BCUT2D eigenvalue weighted by atomic mass is 32.2. The first kappa shape index (κ1) is 26.6. The quantitative estimate of drug-likeness (QED) is 0.260. The lowest BCUT2D eigenvalue weighted by atomic mass is 9.97. The van der Waals surface area contributed by atoms with E-state index in [-0.39, 0.29) is 23.7 Å². The summed E-state index contributed by atoms with van der Waals surface area (Å²) in [4.78, 5) is 11.2. The molecule has 0 aliphatic heterocycles. The number of ether oxygens (including phenoxy) is 3. The van der Waals surface area contributed by atoms with Gasteiger partial charge in [0, 0.05) is 11.1 Å². The van der Waals surface area contributed by atoms with Crippen LogP contribution < -0.4 is 18.4 Å². The maximum absolute atomic E-state index is 12.0. The van der Waals surface area contributed by atoms with E-state index in [1.54, 1.807) is 42.5 Å². The van der Waals surface area contributed by atoms with E-state index in [9.17, 15) is 18.3 Å². The molecule has 0 bridgehead atoms. The Bertz CT molecular complexity index is 1550. The lowest BCUT2D eigenvalue weighted by Crippen LogP contribution is -2.08. The van der Waals surface area contributed by atoms with Gasteiger partial charge in [0.05, 0.1) is 26.0 Å². The number of carboxylic acids is 1. The van der Waals surface area contributed by atoms with Gasteiger partial charge in [-0.05, 0) is 53.1 Å². The third kappa shape index (κ3) is 6.24. The van der Waals surface area contributed by atoms with Crippen LogP contribution in [0, 0.1) is 0 Å². The normalized spacial score (nSPS) is 11.0. The van der Waals surface area contributed by atoms with Crippen LogP contribution >= 0.6 is 0 Å². The Morgan fingerprint density at radius 1 is 0.737 bits per heavy atom. The topological polar surface area (TPSA) is 108 Å². The van der Waals surface area contributed by atoms with Crippen LogP contribution in [-0.2, 0) is 16.7 Å². The molecule has 0 saturated heterocycles. The monoisotopic (exact) mass is 534 g/mol. The minimum Gasteiger partial charge on any atom is -0.496 e. The van der Waals surface area contributed by atoms with Gasteiger partial charge in [-0.2, -0.15) is 8.42 Å². The molecule has 0 aromatic heterocycles. The molecule has 0 heterocycles. The summed E-state index contributed by atoms with van der Waals surface area (Å²) in [5.41, 5.74) is 3.76. The van der Waals surface area contributed by atoms with Crippen LogP contribution in [0.4, 0.5) is 0 Å².